The molecule has 0 aliphatic heterocycles. The van der Waals surface area contributed by atoms with E-state index in [2.05, 4.69) is 36.7 Å². The van der Waals surface area contributed by atoms with Gasteiger partial charge in [0.2, 0.25) is 0 Å². The molecule has 98 valence electrons. The van der Waals surface area contributed by atoms with Gasteiger partial charge in [-0.25, -0.2) is 9.97 Å². The summed E-state index contributed by atoms with van der Waals surface area (Å²) in [7, 11) is 1.96. The lowest BCUT2D eigenvalue weighted by Crippen LogP contribution is -2.06. The molecule has 5 heteroatoms. The molecule has 0 bridgehead atoms. The predicted molar refractivity (Wildman–Crippen MR) is 74.7 cm³/mol. The van der Waals surface area contributed by atoms with Gasteiger partial charge in [0.05, 0.1) is 6.33 Å². The van der Waals surface area contributed by atoms with Crippen LogP contribution in [0.25, 0.3) is 11.0 Å². The summed E-state index contributed by atoms with van der Waals surface area (Å²) in [5, 5.41) is 4.43. The fourth-order valence-electron chi connectivity index (χ4n) is 2.34. The minimum Gasteiger partial charge on any atom is -0.336 e. The molecule has 0 aromatic carbocycles. The third-order valence-corrected chi connectivity index (χ3v) is 3.24. The van der Waals surface area contributed by atoms with E-state index < -0.39 is 0 Å². The smallest absolute Gasteiger partial charge is 0.140 e. The lowest BCUT2D eigenvalue weighted by atomic mass is 10.2. The van der Waals surface area contributed by atoms with Crippen molar-refractivity contribution < 1.29 is 0 Å². The predicted octanol–water partition coefficient (Wildman–Crippen LogP) is 1.65. The van der Waals surface area contributed by atoms with E-state index in [1.807, 2.05) is 31.8 Å². The van der Waals surface area contributed by atoms with Gasteiger partial charge in [-0.2, -0.15) is 0 Å². The second kappa shape index (κ2) is 5.24. The van der Waals surface area contributed by atoms with Crippen LogP contribution in [0.4, 0.5) is 0 Å². The standard InChI is InChI=1S/C14H17N5/c1-15-9-12-10-19(8-7-18-6-5-16-11-18)14-13(12)3-2-4-17-14/h2-6,10-11,15H,7-9H2,1H3. The van der Waals surface area contributed by atoms with Crippen molar-refractivity contribution in [2.24, 2.45) is 0 Å². The van der Waals surface area contributed by atoms with Crippen LogP contribution in [0, 0.1) is 0 Å². The average molecular weight is 255 g/mol. The zero-order valence-corrected chi connectivity index (χ0v) is 11.0. The molecule has 0 spiro atoms. The summed E-state index contributed by atoms with van der Waals surface area (Å²) in [6.45, 7) is 2.66. The summed E-state index contributed by atoms with van der Waals surface area (Å²) in [6.07, 6.45) is 9.66. The first-order valence-electron chi connectivity index (χ1n) is 6.41. The largest absolute Gasteiger partial charge is 0.336 e. The monoisotopic (exact) mass is 255 g/mol. The van der Waals surface area contributed by atoms with Gasteiger partial charge >= 0.3 is 0 Å². The number of nitrogens with zero attached hydrogens (tertiary/aromatic N) is 4. The van der Waals surface area contributed by atoms with Gasteiger partial charge < -0.3 is 14.5 Å². The van der Waals surface area contributed by atoms with Crippen molar-refractivity contribution in [3.05, 3.63) is 48.8 Å². The molecule has 0 aliphatic carbocycles. The molecule has 3 aromatic rings. The number of rotatable bonds is 5. The molecule has 3 heterocycles. The van der Waals surface area contributed by atoms with Crippen LogP contribution >= 0.6 is 0 Å². The van der Waals surface area contributed by atoms with Gasteiger partial charge in [-0.1, -0.05) is 0 Å². The van der Waals surface area contributed by atoms with Crippen LogP contribution in [0.5, 0.6) is 0 Å². The highest BCUT2D eigenvalue weighted by Gasteiger charge is 2.08. The molecular formula is C14H17N5. The second-order valence-electron chi connectivity index (χ2n) is 4.55. The SMILES string of the molecule is CNCc1cn(CCn2ccnc2)c2ncccc12. The average Bonchev–Trinajstić information content (AvgIpc) is 3.06. The van der Waals surface area contributed by atoms with Gasteiger partial charge in [-0.15, -0.1) is 0 Å². The summed E-state index contributed by atoms with van der Waals surface area (Å²) in [5.41, 5.74) is 2.34. The second-order valence-corrected chi connectivity index (χ2v) is 4.55. The van der Waals surface area contributed by atoms with Gasteiger partial charge in [0, 0.05) is 49.8 Å². The van der Waals surface area contributed by atoms with E-state index in [4.69, 9.17) is 0 Å². The highest BCUT2D eigenvalue weighted by molar-refractivity contribution is 5.80. The van der Waals surface area contributed by atoms with Crippen LogP contribution in [0.3, 0.4) is 0 Å². The molecule has 0 unspecified atom stereocenters. The molecular weight excluding hydrogens is 238 g/mol. The minimum atomic E-state index is 0.861. The molecule has 3 aromatic heterocycles. The Kier molecular flexibility index (Phi) is 3.29. The van der Waals surface area contributed by atoms with E-state index in [0.717, 1.165) is 25.3 Å². The molecule has 3 rings (SSSR count). The van der Waals surface area contributed by atoms with Gasteiger partial charge in [0.15, 0.2) is 0 Å². The first-order chi connectivity index (χ1) is 9.38. The van der Waals surface area contributed by atoms with E-state index in [1.165, 1.54) is 10.9 Å². The fourth-order valence-corrected chi connectivity index (χ4v) is 2.34. The van der Waals surface area contributed by atoms with E-state index in [0.29, 0.717) is 0 Å². The zero-order chi connectivity index (χ0) is 13.1. The summed E-state index contributed by atoms with van der Waals surface area (Å²) in [5.74, 6) is 0. The summed E-state index contributed by atoms with van der Waals surface area (Å²) >= 11 is 0. The number of aryl methyl sites for hydroxylation is 2. The Hall–Kier alpha value is -2.14. The Morgan fingerprint density at radius 2 is 2.21 bits per heavy atom. The van der Waals surface area contributed by atoms with Gasteiger partial charge in [-0.3, -0.25) is 0 Å². The van der Waals surface area contributed by atoms with Crippen LogP contribution < -0.4 is 5.32 Å². The maximum absolute atomic E-state index is 4.49. The fraction of sp³-hybridized carbons (Fsp3) is 0.286. The number of hydrogen-bond acceptors (Lipinski definition) is 3. The Bertz CT molecular complexity index is 654. The Morgan fingerprint density at radius 3 is 3.00 bits per heavy atom. The molecule has 0 saturated heterocycles. The number of hydrogen-bond donors (Lipinski definition) is 1. The first kappa shape index (κ1) is 11.9. The molecule has 0 saturated carbocycles. The molecule has 0 atom stereocenters. The number of pyridine rings is 1. The third-order valence-electron chi connectivity index (χ3n) is 3.24. The maximum Gasteiger partial charge on any atom is 0.140 e. The van der Waals surface area contributed by atoms with Crippen LogP contribution in [-0.2, 0) is 19.6 Å². The Balaban J connectivity index is 1.90. The molecule has 19 heavy (non-hydrogen) atoms. The molecule has 1 N–H and O–H groups in total. The lowest BCUT2D eigenvalue weighted by molar-refractivity contribution is 0.587. The van der Waals surface area contributed by atoms with Crippen molar-refractivity contribution in [1.82, 2.24) is 24.4 Å². The highest BCUT2D eigenvalue weighted by atomic mass is 15.1. The van der Waals surface area contributed by atoms with E-state index >= 15 is 0 Å². The van der Waals surface area contributed by atoms with Crippen molar-refractivity contribution in [2.45, 2.75) is 19.6 Å². The molecule has 0 fully saturated rings. The molecule has 5 nitrogen and oxygen atoms in total. The summed E-state index contributed by atoms with van der Waals surface area (Å²) in [6, 6.07) is 4.12. The lowest BCUT2D eigenvalue weighted by Gasteiger charge is -2.05. The molecule has 0 radical (unpaired) electrons. The summed E-state index contributed by atoms with van der Waals surface area (Å²) < 4.78 is 4.29. The topological polar surface area (TPSA) is 47.7 Å². The zero-order valence-electron chi connectivity index (χ0n) is 11.0. The summed E-state index contributed by atoms with van der Waals surface area (Å²) in [4.78, 5) is 8.55. The Morgan fingerprint density at radius 1 is 1.26 bits per heavy atom. The van der Waals surface area contributed by atoms with Crippen molar-refractivity contribution >= 4 is 11.0 Å². The van der Waals surface area contributed by atoms with Crippen molar-refractivity contribution in [2.75, 3.05) is 7.05 Å². The van der Waals surface area contributed by atoms with E-state index in [9.17, 15) is 0 Å². The maximum atomic E-state index is 4.49. The van der Waals surface area contributed by atoms with Crippen LogP contribution in [-0.4, -0.2) is 26.1 Å². The normalized spacial score (nSPS) is 11.2. The van der Waals surface area contributed by atoms with Crippen molar-refractivity contribution in [3.63, 3.8) is 0 Å². The van der Waals surface area contributed by atoms with Crippen molar-refractivity contribution in [1.29, 1.82) is 0 Å². The highest BCUT2D eigenvalue weighted by Crippen LogP contribution is 2.19. The van der Waals surface area contributed by atoms with Gasteiger partial charge in [-0.05, 0) is 24.7 Å². The molecule has 0 aliphatic rings. The van der Waals surface area contributed by atoms with Gasteiger partial charge in [0.1, 0.15) is 5.65 Å². The first-order valence-corrected chi connectivity index (χ1v) is 6.41. The van der Waals surface area contributed by atoms with E-state index in [1.54, 1.807) is 6.20 Å². The van der Waals surface area contributed by atoms with Crippen LogP contribution in [0.15, 0.2) is 43.2 Å². The number of nitrogens with one attached hydrogen (secondary N) is 1. The van der Waals surface area contributed by atoms with Crippen LogP contribution in [0.1, 0.15) is 5.56 Å². The quantitative estimate of drug-likeness (QED) is 0.754. The Labute approximate surface area is 111 Å². The van der Waals surface area contributed by atoms with Crippen molar-refractivity contribution in [3.8, 4) is 0 Å². The third kappa shape index (κ3) is 2.37. The number of aromatic nitrogens is 4. The van der Waals surface area contributed by atoms with Crippen LogP contribution in [0.2, 0.25) is 0 Å². The molecule has 0 amide bonds. The number of fused-ring (bicyclic) bond motifs is 1. The van der Waals surface area contributed by atoms with E-state index in [-0.39, 0.29) is 0 Å². The minimum absolute atomic E-state index is 0.861. The van der Waals surface area contributed by atoms with Gasteiger partial charge in [0.25, 0.3) is 0 Å². The number of imidazole rings is 1.